The molecule has 2 aromatic rings. The Morgan fingerprint density at radius 3 is 2.86 bits per heavy atom. The molecular weight excluding hydrogens is 376 g/mol. The van der Waals surface area contributed by atoms with E-state index in [0.29, 0.717) is 22.4 Å². The Bertz CT molecular complexity index is 938. The summed E-state index contributed by atoms with van der Waals surface area (Å²) in [6, 6.07) is 3.14. The molecule has 4 heterocycles. The molecule has 9 heteroatoms. The number of hydrogen-bond acceptors (Lipinski definition) is 7. The van der Waals surface area contributed by atoms with Crippen molar-refractivity contribution in [1.82, 2.24) is 19.5 Å². The van der Waals surface area contributed by atoms with Crippen LogP contribution in [-0.4, -0.2) is 44.3 Å². The van der Waals surface area contributed by atoms with Crippen molar-refractivity contribution >= 4 is 29.3 Å². The monoisotopic (exact) mass is 400 g/mol. The molecule has 0 spiro atoms. The van der Waals surface area contributed by atoms with Crippen molar-refractivity contribution in [1.29, 1.82) is 0 Å². The lowest BCUT2D eigenvalue weighted by Gasteiger charge is -2.31. The zero-order valence-electron chi connectivity index (χ0n) is 16.1. The molecule has 1 N–H and O–H groups in total. The highest BCUT2D eigenvalue weighted by Gasteiger charge is 2.27. The molecule has 148 valence electrons. The molecule has 0 saturated carbocycles. The molecule has 28 heavy (non-hydrogen) atoms. The van der Waals surface area contributed by atoms with E-state index in [9.17, 15) is 9.59 Å². The van der Waals surface area contributed by atoms with Crippen LogP contribution in [0.25, 0.3) is 0 Å². The number of carbonyl (C=O) groups excluding carboxylic acids is 1. The highest BCUT2D eigenvalue weighted by atomic mass is 32.2. The van der Waals surface area contributed by atoms with E-state index in [1.807, 2.05) is 6.07 Å². The van der Waals surface area contributed by atoms with Gasteiger partial charge in [0.1, 0.15) is 18.0 Å². The van der Waals surface area contributed by atoms with Crippen LogP contribution in [0.5, 0.6) is 0 Å². The highest BCUT2D eigenvalue weighted by molar-refractivity contribution is 7.99. The van der Waals surface area contributed by atoms with Crippen LogP contribution in [0.3, 0.4) is 0 Å². The van der Waals surface area contributed by atoms with Gasteiger partial charge in [0.2, 0.25) is 5.91 Å². The predicted octanol–water partition coefficient (Wildman–Crippen LogP) is 2.25. The Balaban J connectivity index is 1.42. The Morgan fingerprint density at radius 1 is 1.29 bits per heavy atom. The van der Waals surface area contributed by atoms with Gasteiger partial charge < -0.3 is 10.2 Å². The van der Waals surface area contributed by atoms with Gasteiger partial charge in [-0.25, -0.2) is 15.0 Å². The summed E-state index contributed by atoms with van der Waals surface area (Å²) in [5.41, 5.74) is 0.600. The lowest BCUT2D eigenvalue weighted by molar-refractivity contribution is -0.116. The van der Waals surface area contributed by atoms with E-state index in [-0.39, 0.29) is 23.9 Å². The van der Waals surface area contributed by atoms with Crippen molar-refractivity contribution in [3.8, 4) is 0 Å². The maximum atomic E-state index is 12.6. The van der Waals surface area contributed by atoms with Gasteiger partial charge in [-0.3, -0.25) is 14.2 Å². The van der Waals surface area contributed by atoms with Gasteiger partial charge in [0.15, 0.2) is 5.16 Å². The Hall–Kier alpha value is -2.42. The van der Waals surface area contributed by atoms with E-state index in [2.05, 4.69) is 32.1 Å². The molecule has 0 bridgehead atoms. The van der Waals surface area contributed by atoms with Gasteiger partial charge in [0, 0.05) is 43.1 Å². The number of carbonyl (C=O) groups is 1. The van der Waals surface area contributed by atoms with Crippen LogP contribution in [0.2, 0.25) is 0 Å². The SMILES string of the molecule is Cc1cc(=O)n2c(n1)SCC2CC(=O)Nc1cc(N2CCC(C)CC2)ncn1. The molecule has 1 fully saturated rings. The van der Waals surface area contributed by atoms with Crippen LogP contribution in [0.15, 0.2) is 28.4 Å². The van der Waals surface area contributed by atoms with Crippen molar-refractivity contribution in [2.24, 2.45) is 5.92 Å². The van der Waals surface area contributed by atoms with Crippen molar-refractivity contribution in [2.75, 3.05) is 29.1 Å². The van der Waals surface area contributed by atoms with Gasteiger partial charge in [-0.1, -0.05) is 18.7 Å². The molecule has 2 aliphatic heterocycles. The first-order chi connectivity index (χ1) is 13.5. The summed E-state index contributed by atoms with van der Waals surface area (Å²) in [7, 11) is 0. The summed E-state index contributed by atoms with van der Waals surface area (Å²) in [6.45, 7) is 6.01. The third-order valence-electron chi connectivity index (χ3n) is 5.27. The third-order valence-corrected chi connectivity index (χ3v) is 6.36. The summed E-state index contributed by atoms with van der Waals surface area (Å²) >= 11 is 1.51. The molecule has 0 radical (unpaired) electrons. The highest BCUT2D eigenvalue weighted by Crippen LogP contribution is 2.32. The van der Waals surface area contributed by atoms with E-state index in [1.54, 1.807) is 11.5 Å². The molecule has 1 unspecified atom stereocenters. The average Bonchev–Trinajstić information content (AvgIpc) is 3.05. The number of thioether (sulfide) groups is 1. The number of nitrogens with one attached hydrogen (secondary N) is 1. The minimum atomic E-state index is -0.189. The molecule has 1 atom stereocenters. The molecular formula is C19H24N6O2S. The van der Waals surface area contributed by atoms with Crippen LogP contribution in [-0.2, 0) is 4.79 Å². The minimum absolute atomic E-state index is 0.103. The molecule has 4 rings (SSSR count). The summed E-state index contributed by atoms with van der Waals surface area (Å²) in [6.07, 6.45) is 3.99. The summed E-state index contributed by atoms with van der Waals surface area (Å²) < 4.78 is 1.62. The zero-order valence-corrected chi connectivity index (χ0v) is 16.9. The molecule has 1 saturated heterocycles. The number of hydrogen-bond donors (Lipinski definition) is 1. The number of aromatic nitrogens is 4. The number of rotatable bonds is 4. The van der Waals surface area contributed by atoms with E-state index in [4.69, 9.17) is 0 Å². The van der Waals surface area contributed by atoms with E-state index < -0.39 is 0 Å². The minimum Gasteiger partial charge on any atom is -0.356 e. The number of nitrogens with zero attached hydrogens (tertiary/aromatic N) is 5. The normalized spacial score (nSPS) is 19.5. The molecule has 2 aliphatic rings. The standard InChI is InChI=1S/C19H24N6O2S/c1-12-3-5-24(6-4-12)16-9-15(20-11-21-16)23-17(26)8-14-10-28-19-22-13(2)7-18(27)25(14)19/h7,9,11-12,14H,3-6,8,10H2,1-2H3,(H,20,21,23,26). The second-order valence-electron chi connectivity index (χ2n) is 7.54. The van der Waals surface area contributed by atoms with Gasteiger partial charge in [-0.2, -0.15) is 0 Å². The molecule has 2 aromatic heterocycles. The summed E-state index contributed by atoms with van der Waals surface area (Å²) in [4.78, 5) is 40.0. The summed E-state index contributed by atoms with van der Waals surface area (Å²) in [5, 5.41) is 3.54. The van der Waals surface area contributed by atoms with E-state index in [1.165, 1.54) is 24.2 Å². The smallest absolute Gasteiger partial charge is 0.254 e. The third kappa shape index (κ3) is 4.04. The molecule has 8 nitrogen and oxygen atoms in total. The van der Waals surface area contributed by atoms with Gasteiger partial charge in [-0.15, -0.1) is 0 Å². The van der Waals surface area contributed by atoms with Crippen LogP contribution in [0.1, 0.15) is 37.9 Å². The van der Waals surface area contributed by atoms with Crippen LogP contribution in [0, 0.1) is 12.8 Å². The van der Waals surface area contributed by atoms with Crippen LogP contribution in [0.4, 0.5) is 11.6 Å². The topological polar surface area (TPSA) is 93.0 Å². The number of piperidine rings is 1. The fraction of sp³-hybridized carbons (Fsp3) is 0.526. The van der Waals surface area contributed by atoms with E-state index >= 15 is 0 Å². The number of aryl methyl sites for hydroxylation is 1. The van der Waals surface area contributed by atoms with Crippen molar-refractivity contribution in [3.05, 3.63) is 34.5 Å². The van der Waals surface area contributed by atoms with Crippen molar-refractivity contribution in [3.63, 3.8) is 0 Å². The second kappa shape index (κ2) is 7.90. The average molecular weight is 401 g/mol. The first-order valence-corrected chi connectivity index (χ1v) is 10.6. The van der Waals surface area contributed by atoms with E-state index in [0.717, 1.165) is 37.7 Å². The fourth-order valence-corrected chi connectivity index (χ4v) is 4.84. The van der Waals surface area contributed by atoms with Crippen LogP contribution < -0.4 is 15.8 Å². The summed E-state index contributed by atoms with van der Waals surface area (Å²) in [5.74, 6) is 2.58. The lowest BCUT2D eigenvalue weighted by Crippen LogP contribution is -2.33. The maximum absolute atomic E-state index is 12.6. The maximum Gasteiger partial charge on any atom is 0.254 e. The Kier molecular flexibility index (Phi) is 5.34. The second-order valence-corrected chi connectivity index (χ2v) is 8.52. The lowest BCUT2D eigenvalue weighted by atomic mass is 9.99. The van der Waals surface area contributed by atoms with Gasteiger partial charge in [0.05, 0.1) is 6.04 Å². The van der Waals surface area contributed by atoms with Crippen LogP contribution >= 0.6 is 11.8 Å². The Labute approximate surface area is 167 Å². The zero-order chi connectivity index (χ0) is 19.7. The fourth-order valence-electron chi connectivity index (χ4n) is 3.65. The first kappa shape index (κ1) is 18.9. The number of anilines is 2. The molecule has 1 amide bonds. The number of fused-ring (bicyclic) bond motifs is 1. The van der Waals surface area contributed by atoms with Crippen molar-refractivity contribution < 1.29 is 4.79 Å². The molecule has 0 aromatic carbocycles. The van der Waals surface area contributed by atoms with Gasteiger partial charge in [-0.05, 0) is 25.7 Å². The molecule has 0 aliphatic carbocycles. The van der Waals surface area contributed by atoms with Gasteiger partial charge >= 0.3 is 0 Å². The van der Waals surface area contributed by atoms with Crippen molar-refractivity contribution in [2.45, 2.75) is 44.3 Å². The largest absolute Gasteiger partial charge is 0.356 e. The quantitative estimate of drug-likeness (QED) is 0.787. The number of amides is 1. The van der Waals surface area contributed by atoms with Gasteiger partial charge in [0.25, 0.3) is 5.56 Å². The predicted molar refractivity (Wildman–Crippen MR) is 109 cm³/mol. The first-order valence-electron chi connectivity index (χ1n) is 9.59. The Morgan fingerprint density at radius 2 is 2.07 bits per heavy atom.